The number of carbonyl (C=O) groups is 1. The molecule has 0 unspecified atom stereocenters. The molecule has 0 aliphatic carbocycles. The molecule has 2 aromatic heterocycles. The van der Waals surface area contributed by atoms with Crippen molar-refractivity contribution in [2.24, 2.45) is 5.73 Å². The Morgan fingerprint density at radius 2 is 2.40 bits per heavy atom. The van der Waals surface area contributed by atoms with Crippen molar-refractivity contribution in [3.8, 4) is 11.8 Å². The highest BCUT2D eigenvalue weighted by Crippen LogP contribution is 2.20. The molecule has 3 N–H and O–H groups in total. The zero-order valence-electron chi connectivity index (χ0n) is 11.0. The van der Waals surface area contributed by atoms with E-state index in [-0.39, 0.29) is 5.91 Å². The SMILES string of the molecule is Cc1cc(C(=O)NCc2ccncn2)sc1C#CCN. The van der Waals surface area contributed by atoms with E-state index >= 15 is 0 Å². The first-order chi connectivity index (χ1) is 9.70. The second-order valence-electron chi connectivity index (χ2n) is 4.01. The summed E-state index contributed by atoms with van der Waals surface area (Å²) in [5, 5.41) is 2.82. The molecule has 0 radical (unpaired) electrons. The van der Waals surface area contributed by atoms with Crippen LogP contribution >= 0.6 is 11.3 Å². The van der Waals surface area contributed by atoms with E-state index in [1.54, 1.807) is 12.3 Å². The van der Waals surface area contributed by atoms with Gasteiger partial charge in [0.25, 0.3) is 5.91 Å². The number of hydrogen-bond acceptors (Lipinski definition) is 5. The Morgan fingerprint density at radius 1 is 1.55 bits per heavy atom. The van der Waals surface area contributed by atoms with Crippen molar-refractivity contribution >= 4 is 17.2 Å². The fourth-order valence-corrected chi connectivity index (χ4v) is 2.49. The molecule has 0 spiro atoms. The van der Waals surface area contributed by atoms with Gasteiger partial charge in [-0.15, -0.1) is 11.3 Å². The first-order valence-electron chi connectivity index (χ1n) is 6.03. The van der Waals surface area contributed by atoms with Gasteiger partial charge in [-0.3, -0.25) is 4.79 Å². The van der Waals surface area contributed by atoms with Crippen molar-refractivity contribution < 1.29 is 4.79 Å². The Balaban J connectivity index is 2.03. The van der Waals surface area contributed by atoms with Gasteiger partial charge in [-0.25, -0.2) is 9.97 Å². The van der Waals surface area contributed by atoms with Crippen LogP contribution in [0, 0.1) is 18.8 Å². The number of rotatable bonds is 3. The van der Waals surface area contributed by atoms with Gasteiger partial charge in [0.2, 0.25) is 0 Å². The van der Waals surface area contributed by atoms with Gasteiger partial charge >= 0.3 is 0 Å². The zero-order chi connectivity index (χ0) is 14.4. The van der Waals surface area contributed by atoms with Gasteiger partial charge in [-0.2, -0.15) is 0 Å². The molecule has 0 aliphatic heterocycles. The van der Waals surface area contributed by atoms with Gasteiger partial charge in [0, 0.05) is 6.20 Å². The van der Waals surface area contributed by atoms with E-state index < -0.39 is 0 Å². The number of nitrogens with one attached hydrogen (secondary N) is 1. The summed E-state index contributed by atoms with van der Waals surface area (Å²) in [7, 11) is 0. The first-order valence-corrected chi connectivity index (χ1v) is 6.85. The molecule has 5 nitrogen and oxygen atoms in total. The summed E-state index contributed by atoms with van der Waals surface area (Å²) in [4.78, 5) is 21.4. The number of amides is 1. The summed E-state index contributed by atoms with van der Waals surface area (Å²) in [5.41, 5.74) is 7.10. The third kappa shape index (κ3) is 3.63. The van der Waals surface area contributed by atoms with Crippen molar-refractivity contribution in [1.82, 2.24) is 15.3 Å². The molecular formula is C14H14N4OS. The highest BCUT2D eigenvalue weighted by atomic mass is 32.1. The van der Waals surface area contributed by atoms with E-state index in [4.69, 9.17) is 5.73 Å². The van der Waals surface area contributed by atoms with Gasteiger partial charge in [-0.1, -0.05) is 11.8 Å². The fraction of sp³-hybridized carbons (Fsp3) is 0.214. The molecule has 0 saturated carbocycles. The van der Waals surface area contributed by atoms with Crippen LogP contribution < -0.4 is 11.1 Å². The van der Waals surface area contributed by atoms with E-state index in [9.17, 15) is 4.79 Å². The average molecular weight is 286 g/mol. The van der Waals surface area contributed by atoms with Crippen LogP contribution in [-0.4, -0.2) is 22.4 Å². The lowest BCUT2D eigenvalue weighted by molar-refractivity contribution is 0.0954. The normalized spacial score (nSPS) is 9.70. The van der Waals surface area contributed by atoms with Gasteiger partial charge in [0.05, 0.1) is 28.5 Å². The van der Waals surface area contributed by atoms with Crippen molar-refractivity contribution in [2.45, 2.75) is 13.5 Å². The molecule has 0 fully saturated rings. The van der Waals surface area contributed by atoms with Crippen molar-refractivity contribution in [3.05, 3.63) is 45.7 Å². The van der Waals surface area contributed by atoms with Crippen LogP contribution in [0.3, 0.4) is 0 Å². The lowest BCUT2D eigenvalue weighted by Crippen LogP contribution is -2.22. The molecule has 2 aromatic rings. The summed E-state index contributed by atoms with van der Waals surface area (Å²) in [6, 6.07) is 3.60. The van der Waals surface area contributed by atoms with Crippen LogP contribution in [0.1, 0.15) is 25.8 Å². The van der Waals surface area contributed by atoms with Crippen LogP contribution in [-0.2, 0) is 6.54 Å². The van der Waals surface area contributed by atoms with E-state index in [0.717, 1.165) is 16.1 Å². The maximum Gasteiger partial charge on any atom is 0.261 e. The number of aryl methyl sites for hydroxylation is 1. The quantitative estimate of drug-likeness (QED) is 0.828. The lowest BCUT2D eigenvalue weighted by atomic mass is 10.2. The van der Waals surface area contributed by atoms with E-state index in [1.165, 1.54) is 17.7 Å². The Bertz CT molecular complexity index is 655. The second-order valence-corrected chi connectivity index (χ2v) is 5.06. The number of aromatic nitrogens is 2. The Hall–Kier alpha value is -2.23. The number of nitrogens with zero attached hydrogens (tertiary/aromatic N) is 2. The van der Waals surface area contributed by atoms with Gasteiger partial charge < -0.3 is 11.1 Å². The van der Waals surface area contributed by atoms with Crippen molar-refractivity contribution in [3.63, 3.8) is 0 Å². The van der Waals surface area contributed by atoms with Crippen LogP contribution in [0.25, 0.3) is 0 Å². The highest BCUT2D eigenvalue weighted by Gasteiger charge is 2.11. The number of thiophene rings is 1. The number of nitrogens with two attached hydrogens (primary N) is 1. The molecule has 0 bridgehead atoms. The maximum absolute atomic E-state index is 12.0. The van der Waals surface area contributed by atoms with Crippen LogP contribution in [0.5, 0.6) is 0 Å². The molecule has 2 heterocycles. The summed E-state index contributed by atoms with van der Waals surface area (Å²) in [5.74, 6) is 5.63. The monoisotopic (exact) mass is 286 g/mol. The molecule has 1 amide bonds. The lowest BCUT2D eigenvalue weighted by Gasteiger charge is -2.01. The summed E-state index contributed by atoms with van der Waals surface area (Å²) in [6.07, 6.45) is 3.10. The molecule has 0 saturated heterocycles. The minimum atomic E-state index is -0.127. The van der Waals surface area contributed by atoms with Gasteiger partial charge in [-0.05, 0) is 24.6 Å². The van der Waals surface area contributed by atoms with Gasteiger partial charge in [0.1, 0.15) is 6.33 Å². The smallest absolute Gasteiger partial charge is 0.261 e. The second kappa shape index (κ2) is 6.80. The average Bonchev–Trinajstić information content (AvgIpc) is 2.85. The van der Waals surface area contributed by atoms with E-state index in [0.29, 0.717) is 18.0 Å². The molecule has 0 aliphatic rings. The molecular weight excluding hydrogens is 272 g/mol. The zero-order valence-corrected chi connectivity index (χ0v) is 11.8. The Labute approximate surface area is 121 Å². The van der Waals surface area contributed by atoms with Crippen molar-refractivity contribution in [2.75, 3.05) is 6.54 Å². The summed E-state index contributed by atoms with van der Waals surface area (Å²) in [6.45, 7) is 2.62. The minimum Gasteiger partial charge on any atom is -0.346 e. The number of hydrogen-bond donors (Lipinski definition) is 2. The molecule has 0 atom stereocenters. The predicted octanol–water partition coefficient (Wildman–Crippen LogP) is 1.09. The molecule has 20 heavy (non-hydrogen) atoms. The topological polar surface area (TPSA) is 80.9 Å². The van der Waals surface area contributed by atoms with Crippen LogP contribution in [0.2, 0.25) is 0 Å². The first kappa shape index (κ1) is 14.2. The van der Waals surface area contributed by atoms with Gasteiger partial charge in [0.15, 0.2) is 0 Å². The van der Waals surface area contributed by atoms with Crippen molar-refractivity contribution in [1.29, 1.82) is 0 Å². The predicted molar refractivity (Wildman–Crippen MR) is 78.2 cm³/mol. The third-order valence-electron chi connectivity index (χ3n) is 2.52. The molecule has 6 heteroatoms. The maximum atomic E-state index is 12.0. The summed E-state index contributed by atoms with van der Waals surface area (Å²) >= 11 is 1.37. The largest absolute Gasteiger partial charge is 0.346 e. The number of carbonyl (C=O) groups excluding carboxylic acids is 1. The van der Waals surface area contributed by atoms with Crippen LogP contribution in [0.4, 0.5) is 0 Å². The standard InChI is InChI=1S/C14H14N4OS/c1-10-7-13(20-12(10)3-2-5-15)14(19)17-8-11-4-6-16-9-18-11/h4,6-7,9H,5,8,15H2,1H3,(H,17,19). The minimum absolute atomic E-state index is 0.127. The Morgan fingerprint density at radius 3 is 3.10 bits per heavy atom. The highest BCUT2D eigenvalue weighted by molar-refractivity contribution is 7.14. The molecule has 102 valence electrons. The Kier molecular flexibility index (Phi) is 4.82. The van der Waals surface area contributed by atoms with E-state index in [1.807, 2.05) is 13.0 Å². The third-order valence-corrected chi connectivity index (χ3v) is 3.67. The fourth-order valence-electron chi connectivity index (χ4n) is 1.53. The van der Waals surface area contributed by atoms with Crippen LogP contribution in [0.15, 0.2) is 24.7 Å². The summed E-state index contributed by atoms with van der Waals surface area (Å²) < 4.78 is 0. The molecule has 0 aromatic carbocycles. The molecule has 2 rings (SSSR count). The van der Waals surface area contributed by atoms with E-state index in [2.05, 4.69) is 27.1 Å².